The highest BCUT2D eigenvalue weighted by Gasteiger charge is 2.23. The molecule has 0 aliphatic carbocycles. The number of H-pyrrole nitrogens is 1. The van der Waals surface area contributed by atoms with E-state index in [2.05, 4.69) is 22.1 Å². The molecule has 1 aromatic heterocycles. The van der Waals surface area contributed by atoms with E-state index < -0.39 is 11.2 Å². The van der Waals surface area contributed by atoms with Gasteiger partial charge in [-0.3, -0.25) is 19.2 Å². The van der Waals surface area contributed by atoms with Gasteiger partial charge in [-0.25, -0.2) is 4.79 Å². The molecule has 1 aliphatic heterocycles. The Balaban J connectivity index is 2.18. The van der Waals surface area contributed by atoms with Crippen LogP contribution in [0.5, 0.6) is 0 Å². The Bertz CT molecular complexity index is 577. The van der Waals surface area contributed by atoms with Gasteiger partial charge in [-0.2, -0.15) is 0 Å². The summed E-state index contributed by atoms with van der Waals surface area (Å²) in [6.45, 7) is 7.16. The summed E-state index contributed by atoms with van der Waals surface area (Å²) in [4.78, 5) is 28.1. The highest BCUT2D eigenvalue weighted by Crippen LogP contribution is 2.18. The first-order chi connectivity index (χ1) is 9.58. The fourth-order valence-corrected chi connectivity index (χ4v) is 2.84. The van der Waals surface area contributed by atoms with Gasteiger partial charge in [-0.1, -0.05) is 6.92 Å². The number of anilines is 2. The minimum Gasteiger partial charge on any atom is -0.383 e. The van der Waals surface area contributed by atoms with Gasteiger partial charge < -0.3 is 11.1 Å². The lowest BCUT2D eigenvalue weighted by molar-refractivity contribution is 0.277. The van der Waals surface area contributed by atoms with E-state index in [-0.39, 0.29) is 5.82 Å². The van der Waals surface area contributed by atoms with Crippen molar-refractivity contribution in [1.29, 1.82) is 0 Å². The highest BCUT2D eigenvalue weighted by atomic mass is 16.2. The number of aromatic amines is 1. The molecule has 1 aliphatic rings. The molecule has 1 atom stereocenters. The van der Waals surface area contributed by atoms with Crippen LogP contribution in [0.1, 0.15) is 26.7 Å². The van der Waals surface area contributed by atoms with Crippen LogP contribution in [0, 0.1) is 0 Å². The normalized spacial score (nSPS) is 19.4. The molecule has 1 aromatic rings. The summed E-state index contributed by atoms with van der Waals surface area (Å²) in [6.07, 6.45) is 2.30. The van der Waals surface area contributed by atoms with Gasteiger partial charge in [0.2, 0.25) is 0 Å². The predicted molar refractivity (Wildman–Crippen MR) is 80.2 cm³/mol. The van der Waals surface area contributed by atoms with Gasteiger partial charge in [0.15, 0.2) is 0 Å². The summed E-state index contributed by atoms with van der Waals surface area (Å²) in [5.74, 6) is 0.210. The van der Waals surface area contributed by atoms with Crippen LogP contribution in [0.15, 0.2) is 9.59 Å². The summed E-state index contributed by atoms with van der Waals surface area (Å²) in [5, 5.41) is 3.12. The molecule has 0 spiro atoms. The summed E-state index contributed by atoms with van der Waals surface area (Å²) >= 11 is 0. The number of aromatic nitrogens is 2. The van der Waals surface area contributed by atoms with Crippen molar-refractivity contribution in [3.05, 3.63) is 20.8 Å². The maximum absolute atomic E-state index is 11.9. The second-order valence-electron chi connectivity index (χ2n) is 5.07. The first-order valence-electron chi connectivity index (χ1n) is 7.19. The number of rotatable bonds is 5. The number of nitrogens with zero attached hydrogens (tertiary/aromatic N) is 2. The second kappa shape index (κ2) is 6.13. The predicted octanol–water partition coefficient (Wildman–Crippen LogP) is 0.0349. The summed E-state index contributed by atoms with van der Waals surface area (Å²) in [7, 11) is 0. The highest BCUT2D eigenvalue weighted by molar-refractivity contribution is 5.60. The molecule has 0 amide bonds. The molecule has 1 fully saturated rings. The Kier molecular flexibility index (Phi) is 4.49. The SMILES string of the molecule is CCN1CCCC1CNc1c(N)n(CC)c(=O)[nH]c1=O. The zero-order valence-electron chi connectivity index (χ0n) is 12.1. The first-order valence-corrected chi connectivity index (χ1v) is 7.19. The van der Waals surface area contributed by atoms with Gasteiger partial charge in [0.05, 0.1) is 0 Å². The van der Waals surface area contributed by atoms with Crippen molar-refractivity contribution in [2.45, 2.75) is 39.3 Å². The van der Waals surface area contributed by atoms with E-state index in [1.165, 1.54) is 11.0 Å². The van der Waals surface area contributed by atoms with Crippen molar-refractivity contribution >= 4 is 11.5 Å². The van der Waals surface area contributed by atoms with Crippen LogP contribution in [0.25, 0.3) is 0 Å². The Morgan fingerprint density at radius 1 is 1.35 bits per heavy atom. The minimum atomic E-state index is -0.461. The lowest BCUT2D eigenvalue weighted by atomic mass is 10.2. The standard InChI is InChI=1S/C13H23N5O2/c1-3-17-7-5-6-9(17)8-15-10-11(14)18(4-2)13(20)16-12(10)19/h9,15H,3-8,14H2,1-2H3,(H,16,19,20). The van der Waals surface area contributed by atoms with Crippen molar-refractivity contribution in [2.24, 2.45) is 0 Å². The van der Waals surface area contributed by atoms with Gasteiger partial charge in [0.25, 0.3) is 5.56 Å². The Hall–Kier alpha value is -1.76. The van der Waals surface area contributed by atoms with E-state index in [1.54, 1.807) is 0 Å². The van der Waals surface area contributed by atoms with Crippen LogP contribution in [-0.4, -0.2) is 40.1 Å². The van der Waals surface area contributed by atoms with Crippen LogP contribution in [0.3, 0.4) is 0 Å². The summed E-state index contributed by atoms with van der Waals surface area (Å²) in [6, 6.07) is 0.417. The molecule has 4 N–H and O–H groups in total. The molecule has 2 rings (SSSR count). The molecule has 7 nitrogen and oxygen atoms in total. The quantitative estimate of drug-likeness (QED) is 0.708. The van der Waals surface area contributed by atoms with E-state index in [4.69, 9.17) is 5.73 Å². The fraction of sp³-hybridized carbons (Fsp3) is 0.692. The van der Waals surface area contributed by atoms with Gasteiger partial charge in [0, 0.05) is 19.1 Å². The minimum absolute atomic E-state index is 0.210. The van der Waals surface area contributed by atoms with E-state index in [0.29, 0.717) is 24.8 Å². The molecule has 0 bridgehead atoms. The van der Waals surface area contributed by atoms with Crippen molar-refractivity contribution < 1.29 is 0 Å². The Labute approximate surface area is 117 Å². The fourth-order valence-electron chi connectivity index (χ4n) is 2.84. The number of likely N-dealkylation sites (N-methyl/N-ethyl adjacent to an activating group) is 1. The molecular weight excluding hydrogens is 258 g/mol. The molecule has 0 saturated carbocycles. The number of likely N-dealkylation sites (tertiary alicyclic amines) is 1. The third kappa shape index (κ3) is 2.72. The van der Waals surface area contributed by atoms with Gasteiger partial charge in [-0.15, -0.1) is 0 Å². The van der Waals surface area contributed by atoms with Crippen molar-refractivity contribution in [1.82, 2.24) is 14.5 Å². The third-order valence-corrected chi connectivity index (χ3v) is 3.98. The molecule has 1 saturated heterocycles. The van der Waals surface area contributed by atoms with E-state index >= 15 is 0 Å². The average molecular weight is 281 g/mol. The topological polar surface area (TPSA) is 96.2 Å². The maximum atomic E-state index is 11.9. The number of hydrogen-bond acceptors (Lipinski definition) is 5. The van der Waals surface area contributed by atoms with Crippen LogP contribution in [-0.2, 0) is 6.54 Å². The largest absolute Gasteiger partial charge is 0.383 e. The van der Waals surface area contributed by atoms with Crippen LogP contribution >= 0.6 is 0 Å². The van der Waals surface area contributed by atoms with Crippen molar-refractivity contribution in [3.8, 4) is 0 Å². The Morgan fingerprint density at radius 3 is 2.75 bits per heavy atom. The third-order valence-electron chi connectivity index (χ3n) is 3.98. The number of nitrogen functional groups attached to an aromatic ring is 1. The van der Waals surface area contributed by atoms with Gasteiger partial charge in [-0.05, 0) is 32.9 Å². The molecule has 7 heteroatoms. The van der Waals surface area contributed by atoms with E-state index in [1.807, 2.05) is 6.92 Å². The molecule has 1 unspecified atom stereocenters. The van der Waals surface area contributed by atoms with Crippen molar-refractivity contribution in [2.75, 3.05) is 30.7 Å². The van der Waals surface area contributed by atoms with Gasteiger partial charge >= 0.3 is 5.69 Å². The molecular formula is C13H23N5O2. The smallest absolute Gasteiger partial charge is 0.330 e. The van der Waals surface area contributed by atoms with Crippen LogP contribution in [0.4, 0.5) is 11.5 Å². The monoisotopic (exact) mass is 281 g/mol. The molecule has 0 aromatic carbocycles. The molecule has 0 radical (unpaired) electrons. The zero-order chi connectivity index (χ0) is 14.7. The lowest BCUT2D eigenvalue weighted by Gasteiger charge is -2.23. The van der Waals surface area contributed by atoms with Crippen LogP contribution in [0.2, 0.25) is 0 Å². The first kappa shape index (κ1) is 14.6. The number of nitrogens with two attached hydrogens (primary N) is 1. The Morgan fingerprint density at radius 2 is 2.10 bits per heavy atom. The number of nitrogens with one attached hydrogen (secondary N) is 2. The van der Waals surface area contributed by atoms with Crippen LogP contribution < -0.4 is 22.3 Å². The van der Waals surface area contributed by atoms with Crippen molar-refractivity contribution in [3.63, 3.8) is 0 Å². The molecule has 2 heterocycles. The van der Waals surface area contributed by atoms with Gasteiger partial charge in [0.1, 0.15) is 11.5 Å². The summed E-state index contributed by atoms with van der Waals surface area (Å²) < 4.78 is 1.36. The average Bonchev–Trinajstić information content (AvgIpc) is 2.86. The van der Waals surface area contributed by atoms with E-state index in [9.17, 15) is 9.59 Å². The lowest BCUT2D eigenvalue weighted by Crippen LogP contribution is -2.38. The maximum Gasteiger partial charge on any atom is 0.330 e. The zero-order valence-corrected chi connectivity index (χ0v) is 12.1. The number of hydrogen-bond donors (Lipinski definition) is 3. The summed E-state index contributed by atoms with van der Waals surface area (Å²) in [5.41, 5.74) is 5.31. The molecule has 20 heavy (non-hydrogen) atoms. The van der Waals surface area contributed by atoms with E-state index in [0.717, 1.165) is 19.5 Å². The second-order valence-corrected chi connectivity index (χ2v) is 5.07. The molecule has 112 valence electrons.